The molecule has 0 spiro atoms. The summed E-state index contributed by atoms with van der Waals surface area (Å²) in [6, 6.07) is 2.15. The van der Waals surface area contributed by atoms with Crippen LogP contribution in [-0.2, 0) is 4.79 Å². The Morgan fingerprint density at radius 3 is 2.67 bits per heavy atom. The summed E-state index contributed by atoms with van der Waals surface area (Å²) in [7, 11) is 1.80. The SMILES string of the molecule is CC(C#N)CN(C)C(=O)CC1CCCC1. The van der Waals surface area contributed by atoms with E-state index in [1.807, 2.05) is 6.92 Å². The summed E-state index contributed by atoms with van der Waals surface area (Å²) in [6.07, 6.45) is 5.63. The second-order valence-corrected chi connectivity index (χ2v) is 4.66. The van der Waals surface area contributed by atoms with Gasteiger partial charge in [-0.1, -0.05) is 12.8 Å². The zero-order chi connectivity index (χ0) is 11.3. The van der Waals surface area contributed by atoms with E-state index < -0.39 is 0 Å². The fourth-order valence-electron chi connectivity index (χ4n) is 2.17. The van der Waals surface area contributed by atoms with Crippen LogP contribution in [0.3, 0.4) is 0 Å². The third kappa shape index (κ3) is 3.91. The molecular formula is C12H20N2O. The van der Waals surface area contributed by atoms with Crippen molar-refractivity contribution in [3.63, 3.8) is 0 Å². The number of carbonyl (C=O) groups excluding carboxylic acids is 1. The Kier molecular flexibility index (Phi) is 4.61. The lowest BCUT2D eigenvalue weighted by molar-refractivity contribution is -0.131. The summed E-state index contributed by atoms with van der Waals surface area (Å²) >= 11 is 0. The standard InChI is InChI=1S/C12H20N2O/c1-10(8-13)9-14(2)12(15)7-11-5-3-4-6-11/h10-11H,3-7,9H2,1-2H3. The molecule has 0 saturated heterocycles. The van der Waals surface area contributed by atoms with E-state index in [1.54, 1.807) is 11.9 Å². The van der Waals surface area contributed by atoms with Crippen molar-refractivity contribution in [1.82, 2.24) is 4.90 Å². The molecule has 0 bridgehead atoms. The first-order valence-electron chi connectivity index (χ1n) is 5.77. The van der Waals surface area contributed by atoms with Gasteiger partial charge in [-0.15, -0.1) is 0 Å². The van der Waals surface area contributed by atoms with E-state index >= 15 is 0 Å². The molecule has 0 aromatic heterocycles. The van der Waals surface area contributed by atoms with Crippen molar-refractivity contribution in [2.24, 2.45) is 11.8 Å². The van der Waals surface area contributed by atoms with E-state index in [0.717, 1.165) is 0 Å². The van der Waals surface area contributed by atoms with Gasteiger partial charge >= 0.3 is 0 Å². The third-order valence-electron chi connectivity index (χ3n) is 3.13. The Balaban J connectivity index is 2.29. The van der Waals surface area contributed by atoms with Gasteiger partial charge in [-0.3, -0.25) is 4.79 Å². The maximum atomic E-state index is 11.8. The van der Waals surface area contributed by atoms with Gasteiger partial charge in [0, 0.05) is 20.0 Å². The highest BCUT2D eigenvalue weighted by Gasteiger charge is 2.20. The summed E-state index contributed by atoms with van der Waals surface area (Å²) in [5.74, 6) is 0.726. The molecule has 84 valence electrons. The number of nitrogens with zero attached hydrogens (tertiary/aromatic N) is 2. The van der Waals surface area contributed by atoms with Gasteiger partial charge in [-0.2, -0.15) is 5.26 Å². The molecule has 3 nitrogen and oxygen atoms in total. The van der Waals surface area contributed by atoms with E-state index in [1.165, 1.54) is 25.7 Å². The molecule has 1 fully saturated rings. The smallest absolute Gasteiger partial charge is 0.222 e. The third-order valence-corrected chi connectivity index (χ3v) is 3.13. The molecule has 0 heterocycles. The summed E-state index contributed by atoms with van der Waals surface area (Å²) < 4.78 is 0. The predicted octanol–water partition coefficient (Wildman–Crippen LogP) is 2.18. The quantitative estimate of drug-likeness (QED) is 0.710. The first-order valence-corrected chi connectivity index (χ1v) is 5.77. The number of rotatable bonds is 4. The topological polar surface area (TPSA) is 44.1 Å². The molecule has 15 heavy (non-hydrogen) atoms. The highest BCUT2D eigenvalue weighted by atomic mass is 16.2. The Bertz CT molecular complexity index is 251. The van der Waals surface area contributed by atoms with Crippen molar-refractivity contribution in [2.45, 2.75) is 39.0 Å². The van der Waals surface area contributed by atoms with Crippen molar-refractivity contribution in [1.29, 1.82) is 5.26 Å². The van der Waals surface area contributed by atoms with Crippen molar-refractivity contribution in [3.05, 3.63) is 0 Å². The molecule has 0 aromatic carbocycles. The van der Waals surface area contributed by atoms with Gasteiger partial charge in [0.25, 0.3) is 0 Å². The van der Waals surface area contributed by atoms with Crippen LogP contribution in [0.25, 0.3) is 0 Å². The molecular weight excluding hydrogens is 188 g/mol. The monoisotopic (exact) mass is 208 g/mol. The minimum absolute atomic E-state index is 0.0671. The Hall–Kier alpha value is -1.04. The van der Waals surface area contributed by atoms with E-state index in [0.29, 0.717) is 18.9 Å². The van der Waals surface area contributed by atoms with Crippen LogP contribution in [0.2, 0.25) is 0 Å². The molecule has 1 atom stereocenters. The highest BCUT2D eigenvalue weighted by molar-refractivity contribution is 5.76. The van der Waals surface area contributed by atoms with Crippen LogP contribution in [0.5, 0.6) is 0 Å². The maximum absolute atomic E-state index is 11.8. The summed E-state index contributed by atoms with van der Waals surface area (Å²) in [4.78, 5) is 13.5. The lowest BCUT2D eigenvalue weighted by Gasteiger charge is -2.20. The summed E-state index contributed by atoms with van der Waals surface area (Å²) in [5.41, 5.74) is 0. The van der Waals surface area contributed by atoms with Crippen LogP contribution >= 0.6 is 0 Å². The molecule has 1 saturated carbocycles. The minimum Gasteiger partial charge on any atom is -0.344 e. The highest BCUT2D eigenvalue weighted by Crippen LogP contribution is 2.27. The number of hydrogen-bond acceptors (Lipinski definition) is 2. The first-order chi connectivity index (χ1) is 7.13. The molecule has 0 N–H and O–H groups in total. The molecule has 1 rings (SSSR count). The number of nitriles is 1. The molecule has 3 heteroatoms. The van der Waals surface area contributed by atoms with Crippen LogP contribution in [0.4, 0.5) is 0 Å². The van der Waals surface area contributed by atoms with Gasteiger partial charge in [-0.25, -0.2) is 0 Å². The van der Waals surface area contributed by atoms with Gasteiger partial charge in [0.05, 0.1) is 12.0 Å². The van der Waals surface area contributed by atoms with Crippen molar-refractivity contribution >= 4 is 5.91 Å². The minimum atomic E-state index is -0.0671. The largest absolute Gasteiger partial charge is 0.344 e. The molecule has 0 aliphatic heterocycles. The molecule has 0 radical (unpaired) electrons. The summed E-state index contributed by atoms with van der Waals surface area (Å²) in [6.45, 7) is 2.40. The summed E-state index contributed by atoms with van der Waals surface area (Å²) in [5, 5.41) is 8.66. The van der Waals surface area contributed by atoms with Crippen LogP contribution < -0.4 is 0 Å². The molecule has 0 aromatic rings. The number of amides is 1. The molecule has 1 aliphatic carbocycles. The molecule has 1 amide bonds. The van der Waals surface area contributed by atoms with E-state index in [2.05, 4.69) is 6.07 Å². The Labute approximate surface area is 92.1 Å². The Morgan fingerprint density at radius 2 is 2.13 bits per heavy atom. The van der Waals surface area contributed by atoms with Gasteiger partial charge in [-0.05, 0) is 25.7 Å². The fraction of sp³-hybridized carbons (Fsp3) is 0.833. The van der Waals surface area contributed by atoms with Crippen LogP contribution in [0, 0.1) is 23.2 Å². The number of hydrogen-bond donors (Lipinski definition) is 0. The second kappa shape index (κ2) is 5.75. The zero-order valence-electron chi connectivity index (χ0n) is 9.70. The second-order valence-electron chi connectivity index (χ2n) is 4.66. The van der Waals surface area contributed by atoms with Crippen molar-refractivity contribution < 1.29 is 4.79 Å². The van der Waals surface area contributed by atoms with Gasteiger partial charge < -0.3 is 4.90 Å². The molecule has 1 unspecified atom stereocenters. The fourth-order valence-corrected chi connectivity index (χ4v) is 2.17. The lowest BCUT2D eigenvalue weighted by Crippen LogP contribution is -2.31. The van der Waals surface area contributed by atoms with Gasteiger partial charge in [0.2, 0.25) is 5.91 Å². The normalized spacial score (nSPS) is 18.5. The van der Waals surface area contributed by atoms with Crippen molar-refractivity contribution in [3.8, 4) is 6.07 Å². The van der Waals surface area contributed by atoms with Gasteiger partial charge in [0.15, 0.2) is 0 Å². The Morgan fingerprint density at radius 1 is 1.53 bits per heavy atom. The van der Waals surface area contributed by atoms with E-state index in [9.17, 15) is 4.79 Å². The average Bonchev–Trinajstić information content (AvgIpc) is 2.70. The molecule has 1 aliphatic rings. The predicted molar refractivity (Wildman–Crippen MR) is 59.0 cm³/mol. The van der Waals surface area contributed by atoms with Crippen LogP contribution in [0.15, 0.2) is 0 Å². The van der Waals surface area contributed by atoms with E-state index in [-0.39, 0.29) is 11.8 Å². The average molecular weight is 208 g/mol. The zero-order valence-corrected chi connectivity index (χ0v) is 9.70. The van der Waals surface area contributed by atoms with Crippen LogP contribution in [-0.4, -0.2) is 24.4 Å². The number of carbonyl (C=O) groups is 1. The lowest BCUT2D eigenvalue weighted by atomic mass is 10.0. The first kappa shape index (κ1) is 12.0. The van der Waals surface area contributed by atoms with Gasteiger partial charge in [0.1, 0.15) is 0 Å². The van der Waals surface area contributed by atoms with Crippen LogP contribution in [0.1, 0.15) is 39.0 Å². The maximum Gasteiger partial charge on any atom is 0.222 e. The van der Waals surface area contributed by atoms with Crippen molar-refractivity contribution in [2.75, 3.05) is 13.6 Å². The van der Waals surface area contributed by atoms with E-state index in [4.69, 9.17) is 5.26 Å².